The lowest BCUT2D eigenvalue weighted by Crippen LogP contribution is -2.34. The maximum absolute atomic E-state index is 12.5. The van der Waals surface area contributed by atoms with Crippen molar-refractivity contribution < 1.29 is 28.6 Å². The number of benzene rings is 2. The number of ether oxygens (including phenoxy) is 3. The average Bonchev–Trinajstić information content (AvgIpc) is 3.44. The first-order chi connectivity index (χ1) is 14.1. The molecule has 2 aromatic rings. The van der Waals surface area contributed by atoms with Gasteiger partial charge in [0.05, 0.1) is 30.5 Å². The zero-order chi connectivity index (χ0) is 20.0. The highest BCUT2D eigenvalue weighted by Gasteiger charge is 2.37. The third kappa shape index (κ3) is 2.97. The Labute approximate surface area is 166 Å². The molecule has 29 heavy (non-hydrogen) atoms. The van der Waals surface area contributed by atoms with Crippen LogP contribution in [0, 0.1) is 0 Å². The van der Waals surface area contributed by atoms with Crippen LogP contribution >= 0.6 is 0 Å². The molecule has 2 aromatic carbocycles. The van der Waals surface area contributed by atoms with Gasteiger partial charge in [0.15, 0.2) is 11.5 Å². The summed E-state index contributed by atoms with van der Waals surface area (Å²) < 4.78 is 16.2. The molecule has 0 unspecified atom stereocenters. The molecule has 0 aliphatic carbocycles. The largest absolute Gasteiger partial charge is 0.493 e. The zero-order valence-corrected chi connectivity index (χ0v) is 15.7. The Morgan fingerprint density at radius 2 is 1.90 bits per heavy atom. The van der Waals surface area contributed by atoms with E-state index in [-0.39, 0.29) is 31.3 Å². The van der Waals surface area contributed by atoms with Gasteiger partial charge in [-0.3, -0.25) is 14.5 Å². The van der Waals surface area contributed by atoms with Crippen molar-refractivity contribution in [1.29, 1.82) is 0 Å². The molecule has 8 nitrogen and oxygen atoms in total. The van der Waals surface area contributed by atoms with E-state index in [0.717, 1.165) is 5.56 Å². The van der Waals surface area contributed by atoms with Crippen molar-refractivity contribution in [3.8, 4) is 17.2 Å². The van der Waals surface area contributed by atoms with Crippen LogP contribution in [0.4, 0.5) is 0 Å². The third-order valence-electron chi connectivity index (χ3n) is 5.19. The van der Waals surface area contributed by atoms with Crippen molar-refractivity contribution >= 4 is 17.5 Å². The number of oxime groups is 1. The molecule has 5 rings (SSSR count). The van der Waals surface area contributed by atoms with E-state index in [1.807, 2.05) is 12.1 Å². The molecule has 3 aliphatic rings. The monoisotopic (exact) mass is 394 g/mol. The lowest BCUT2D eigenvalue weighted by atomic mass is 10.0. The van der Waals surface area contributed by atoms with E-state index in [4.69, 9.17) is 19.0 Å². The van der Waals surface area contributed by atoms with Gasteiger partial charge < -0.3 is 19.0 Å². The van der Waals surface area contributed by atoms with Gasteiger partial charge in [0, 0.05) is 12.8 Å². The van der Waals surface area contributed by atoms with Gasteiger partial charge in [-0.05, 0) is 29.8 Å². The number of carbonyl (C=O) groups excluding carboxylic acids is 2. The second kappa shape index (κ2) is 6.80. The molecule has 0 fully saturated rings. The van der Waals surface area contributed by atoms with Crippen molar-refractivity contribution in [2.75, 3.05) is 20.4 Å². The third-order valence-corrected chi connectivity index (χ3v) is 5.19. The van der Waals surface area contributed by atoms with Gasteiger partial charge in [-0.25, -0.2) is 0 Å². The van der Waals surface area contributed by atoms with Crippen molar-refractivity contribution in [2.24, 2.45) is 5.16 Å². The minimum Gasteiger partial charge on any atom is -0.493 e. The summed E-state index contributed by atoms with van der Waals surface area (Å²) in [5, 5.41) is 4.11. The Morgan fingerprint density at radius 3 is 2.62 bits per heavy atom. The van der Waals surface area contributed by atoms with Crippen molar-refractivity contribution in [1.82, 2.24) is 4.90 Å². The topological polar surface area (TPSA) is 86.7 Å². The number of amides is 2. The fourth-order valence-corrected chi connectivity index (χ4v) is 3.82. The molecule has 0 spiro atoms. The van der Waals surface area contributed by atoms with Crippen LogP contribution in [0.25, 0.3) is 0 Å². The van der Waals surface area contributed by atoms with Gasteiger partial charge in [-0.15, -0.1) is 0 Å². The molecule has 0 bridgehead atoms. The second-order valence-corrected chi connectivity index (χ2v) is 7.07. The van der Waals surface area contributed by atoms with Crippen molar-refractivity contribution in [3.05, 3.63) is 53.1 Å². The summed E-state index contributed by atoms with van der Waals surface area (Å²) in [6.45, 7) is 0.302. The quantitative estimate of drug-likeness (QED) is 0.724. The number of nitrogens with zero attached hydrogens (tertiary/aromatic N) is 2. The number of hydrogen-bond donors (Lipinski definition) is 0. The van der Waals surface area contributed by atoms with E-state index in [2.05, 4.69) is 5.16 Å². The van der Waals surface area contributed by atoms with Crippen LogP contribution in [0.5, 0.6) is 17.2 Å². The van der Waals surface area contributed by atoms with Gasteiger partial charge in [-0.2, -0.15) is 0 Å². The maximum atomic E-state index is 12.5. The Balaban J connectivity index is 1.25. The zero-order valence-electron chi connectivity index (χ0n) is 15.7. The summed E-state index contributed by atoms with van der Waals surface area (Å²) in [5.41, 5.74) is 2.49. The van der Waals surface area contributed by atoms with E-state index in [0.29, 0.717) is 46.9 Å². The average molecular weight is 394 g/mol. The summed E-state index contributed by atoms with van der Waals surface area (Å²) in [7, 11) is 1.58. The molecule has 0 aromatic heterocycles. The number of fused-ring (bicyclic) bond motifs is 2. The molecule has 3 heterocycles. The van der Waals surface area contributed by atoms with Gasteiger partial charge in [0.2, 0.25) is 12.5 Å². The molecule has 2 amide bonds. The Hall–Kier alpha value is -3.55. The highest BCUT2D eigenvalue weighted by atomic mass is 16.7. The maximum Gasteiger partial charge on any atom is 0.261 e. The van der Waals surface area contributed by atoms with Gasteiger partial charge in [0.1, 0.15) is 6.10 Å². The standard InChI is InChI=1S/C21H18N2O6/c1-26-17-7-12(8-18-19(17)28-11-27-18)6-14-9-13(22-29-14)10-23-20(24)15-4-2-3-5-16(15)21(23)25/h2-5,7-8,14H,6,9-11H2,1H3/t14-/m1/s1. The fourth-order valence-electron chi connectivity index (χ4n) is 3.82. The predicted molar refractivity (Wildman–Crippen MR) is 102 cm³/mol. The fraction of sp³-hybridized carbons (Fsp3) is 0.286. The molecule has 148 valence electrons. The molecule has 0 radical (unpaired) electrons. The smallest absolute Gasteiger partial charge is 0.261 e. The van der Waals surface area contributed by atoms with Crippen LogP contribution in [0.2, 0.25) is 0 Å². The normalized spacial score (nSPS) is 19.3. The highest BCUT2D eigenvalue weighted by molar-refractivity contribution is 6.22. The number of methoxy groups -OCH3 is 1. The summed E-state index contributed by atoms with van der Waals surface area (Å²) >= 11 is 0. The minimum absolute atomic E-state index is 0.132. The minimum atomic E-state index is -0.294. The number of rotatable bonds is 5. The molecule has 0 saturated heterocycles. The first-order valence-electron chi connectivity index (χ1n) is 9.27. The van der Waals surface area contributed by atoms with Crippen molar-refractivity contribution in [3.63, 3.8) is 0 Å². The second-order valence-electron chi connectivity index (χ2n) is 7.07. The van der Waals surface area contributed by atoms with E-state index >= 15 is 0 Å². The van der Waals surface area contributed by atoms with E-state index in [1.165, 1.54) is 4.90 Å². The van der Waals surface area contributed by atoms with Crippen LogP contribution in [-0.2, 0) is 11.3 Å². The van der Waals surface area contributed by atoms with Crippen LogP contribution in [0.3, 0.4) is 0 Å². The lowest BCUT2D eigenvalue weighted by molar-refractivity contribution is 0.0676. The van der Waals surface area contributed by atoms with E-state index in [1.54, 1.807) is 31.4 Å². The van der Waals surface area contributed by atoms with Crippen LogP contribution < -0.4 is 14.2 Å². The van der Waals surface area contributed by atoms with Crippen LogP contribution in [0.1, 0.15) is 32.7 Å². The molecule has 3 aliphatic heterocycles. The van der Waals surface area contributed by atoms with Gasteiger partial charge in [-0.1, -0.05) is 17.3 Å². The van der Waals surface area contributed by atoms with E-state index in [9.17, 15) is 9.59 Å². The summed E-state index contributed by atoms with van der Waals surface area (Å²) in [6, 6.07) is 10.6. The number of imide groups is 1. The van der Waals surface area contributed by atoms with Gasteiger partial charge >= 0.3 is 0 Å². The summed E-state index contributed by atoms with van der Waals surface area (Å²) in [6.07, 6.45) is 0.928. The van der Waals surface area contributed by atoms with Crippen LogP contribution in [0.15, 0.2) is 41.6 Å². The van der Waals surface area contributed by atoms with Gasteiger partial charge in [0.25, 0.3) is 11.8 Å². The first kappa shape index (κ1) is 17.5. The SMILES string of the molecule is COc1cc(C[C@@H]2CC(CN3C(=O)c4ccccc4C3=O)=NO2)cc2c1OCO2. The number of hydrogen-bond acceptors (Lipinski definition) is 7. The highest BCUT2D eigenvalue weighted by Crippen LogP contribution is 2.42. The Kier molecular flexibility index (Phi) is 4.12. The number of carbonyl (C=O) groups is 2. The van der Waals surface area contributed by atoms with Crippen molar-refractivity contribution in [2.45, 2.75) is 18.9 Å². The summed E-state index contributed by atoms with van der Waals surface area (Å²) in [5.74, 6) is 1.27. The molecular formula is C21H18N2O6. The lowest BCUT2D eigenvalue weighted by Gasteiger charge is -2.13. The molecule has 8 heteroatoms. The molecular weight excluding hydrogens is 376 g/mol. The molecule has 0 N–H and O–H groups in total. The molecule has 0 saturated carbocycles. The predicted octanol–water partition coefficient (Wildman–Crippen LogP) is 2.41. The van der Waals surface area contributed by atoms with Crippen LogP contribution in [-0.4, -0.2) is 49.0 Å². The summed E-state index contributed by atoms with van der Waals surface area (Å²) in [4.78, 5) is 31.8. The Morgan fingerprint density at radius 1 is 1.14 bits per heavy atom. The first-order valence-corrected chi connectivity index (χ1v) is 9.27. The van der Waals surface area contributed by atoms with E-state index < -0.39 is 0 Å². The Bertz CT molecular complexity index is 1010. The molecule has 1 atom stereocenters.